The van der Waals surface area contributed by atoms with Gasteiger partial charge in [-0.3, -0.25) is 4.79 Å². The highest BCUT2D eigenvalue weighted by molar-refractivity contribution is 8.05. The van der Waals surface area contributed by atoms with Gasteiger partial charge in [0.15, 0.2) is 0 Å². The van der Waals surface area contributed by atoms with Crippen LogP contribution in [0.3, 0.4) is 0 Å². The molecule has 0 bridgehead atoms. The van der Waals surface area contributed by atoms with Crippen LogP contribution in [0.2, 0.25) is 0 Å². The molecule has 0 aromatic rings. The van der Waals surface area contributed by atoms with Gasteiger partial charge in [-0.15, -0.1) is 0 Å². The lowest BCUT2D eigenvalue weighted by Gasteiger charge is -2.36. The van der Waals surface area contributed by atoms with Gasteiger partial charge in [-0.1, -0.05) is 24.6 Å². The van der Waals surface area contributed by atoms with E-state index in [-0.39, 0.29) is 12.0 Å². The summed E-state index contributed by atoms with van der Waals surface area (Å²) in [7, 11) is -22.5. The van der Waals surface area contributed by atoms with Crippen LogP contribution < -0.4 is 8.85 Å². The molecule has 3 atom stereocenters. The van der Waals surface area contributed by atoms with Crippen molar-refractivity contribution in [2.45, 2.75) is 80.2 Å². The van der Waals surface area contributed by atoms with E-state index in [1.165, 1.54) is 13.8 Å². The molecule has 1 rings (SSSR count). The topological polar surface area (TPSA) is 179 Å². The van der Waals surface area contributed by atoms with Gasteiger partial charge in [-0.05, 0) is 6.92 Å². The number of rotatable bonds is 12. The fourth-order valence-electron chi connectivity index (χ4n) is 3.10. The van der Waals surface area contributed by atoms with E-state index in [9.17, 15) is 74.4 Å². The number of alkyl halides is 9. The summed E-state index contributed by atoms with van der Waals surface area (Å²) >= 11 is 0. The van der Waals surface area contributed by atoms with Gasteiger partial charge in [0.05, 0.1) is 5.92 Å². The van der Waals surface area contributed by atoms with Gasteiger partial charge in [0.2, 0.25) is 0 Å². The van der Waals surface area contributed by atoms with Crippen molar-refractivity contribution in [2.75, 3.05) is 0 Å². The fraction of sp³-hybridized carbons (Fsp3) is 0.778. The molecule has 1 saturated carbocycles. The molecule has 42 heavy (non-hydrogen) atoms. The minimum absolute atomic E-state index is 0.218. The molecule has 0 aromatic carbocycles. The minimum atomic E-state index is -7.93. The van der Waals surface area contributed by atoms with Gasteiger partial charge in [0.25, 0.3) is 20.0 Å². The van der Waals surface area contributed by atoms with E-state index in [4.69, 9.17) is 9.47 Å². The van der Waals surface area contributed by atoms with Gasteiger partial charge >= 0.3 is 43.9 Å². The Kier molecular flexibility index (Phi) is 10.9. The summed E-state index contributed by atoms with van der Waals surface area (Å²) in [4.78, 5) is 23.8. The maximum atomic E-state index is 14.5. The lowest BCUT2D eigenvalue weighted by atomic mass is 9.91. The van der Waals surface area contributed by atoms with Crippen molar-refractivity contribution in [3.8, 4) is 0 Å². The lowest BCUT2D eigenvalue weighted by molar-refractivity contribution is -0.244. The molecular formula is C18H23F9N2O10S3. The Bertz CT molecular complexity index is 1400. The lowest BCUT2D eigenvalue weighted by Crippen LogP contribution is -2.66. The molecule has 0 spiro atoms. The van der Waals surface area contributed by atoms with Crippen molar-refractivity contribution in [3.63, 3.8) is 0 Å². The number of esters is 2. The quantitative estimate of drug-likeness (QED) is 0.175. The Morgan fingerprint density at radius 3 is 1.60 bits per heavy atom. The predicted molar refractivity (Wildman–Crippen MR) is 121 cm³/mol. The van der Waals surface area contributed by atoms with E-state index in [0.29, 0.717) is 0 Å². The molecule has 0 saturated heterocycles. The molecule has 0 aromatic heterocycles. The summed E-state index contributed by atoms with van der Waals surface area (Å²) in [6, 6.07) is -2.03. The second-order valence-corrected chi connectivity index (χ2v) is 14.6. The van der Waals surface area contributed by atoms with Gasteiger partial charge in [0, 0.05) is 30.9 Å². The van der Waals surface area contributed by atoms with E-state index in [1.54, 1.807) is 0 Å². The molecule has 0 radical (unpaired) electrons. The third-order valence-corrected chi connectivity index (χ3v) is 10.1. The summed E-state index contributed by atoms with van der Waals surface area (Å²) in [5, 5.41) is -14.7. The molecule has 2 N–H and O–H groups in total. The highest BCUT2D eigenvalue weighted by Gasteiger charge is 2.82. The number of hydrogen-bond acceptors (Lipinski definition) is 10. The van der Waals surface area contributed by atoms with Crippen LogP contribution in [-0.2, 0) is 49.1 Å². The Morgan fingerprint density at radius 1 is 0.762 bits per heavy atom. The van der Waals surface area contributed by atoms with Crippen LogP contribution in [0.25, 0.3) is 0 Å². The van der Waals surface area contributed by atoms with Crippen LogP contribution in [0.4, 0.5) is 39.5 Å². The zero-order valence-electron chi connectivity index (χ0n) is 21.3. The molecular weight excluding hydrogens is 671 g/mol. The molecule has 24 heteroatoms. The number of ether oxygens (including phenoxy) is 2. The fourth-order valence-corrected chi connectivity index (χ4v) is 6.83. The van der Waals surface area contributed by atoms with E-state index >= 15 is 0 Å². The number of hydrogen-bond donors (Lipinski definition) is 2. The number of carbonyl (C=O) groups is 2. The van der Waals surface area contributed by atoms with E-state index in [1.807, 2.05) is 0 Å². The average Bonchev–Trinajstić information content (AvgIpc) is 2.76. The molecule has 246 valence electrons. The number of nitrogens with one attached hydrogen (secondary N) is 2. The Labute approximate surface area is 233 Å². The molecule has 0 aliphatic heterocycles. The predicted octanol–water partition coefficient (Wildman–Crippen LogP) is 2.10. The smallest absolute Gasteiger partial charge is 0.462 e. The van der Waals surface area contributed by atoms with Crippen molar-refractivity contribution < 1.29 is 83.8 Å². The first kappa shape index (κ1) is 37.8. The number of halogens is 9. The molecule has 0 amide bonds. The number of sulfonamides is 3. The van der Waals surface area contributed by atoms with Crippen LogP contribution in [-0.4, -0.2) is 77.4 Å². The summed E-state index contributed by atoms with van der Waals surface area (Å²) in [5.74, 6) is -10.5. The zero-order chi connectivity index (χ0) is 33.5. The van der Waals surface area contributed by atoms with Crippen LogP contribution >= 0.6 is 0 Å². The van der Waals surface area contributed by atoms with Crippen molar-refractivity contribution in [1.29, 1.82) is 0 Å². The van der Waals surface area contributed by atoms with Gasteiger partial charge in [-0.2, -0.15) is 39.5 Å². The number of carbonyl (C=O) groups excluding carboxylic acids is 2. The second-order valence-electron chi connectivity index (χ2n) is 9.19. The minimum Gasteiger partial charge on any atom is -0.462 e. The summed E-state index contributed by atoms with van der Waals surface area (Å²) in [6.07, 6.45) is -4.88. The van der Waals surface area contributed by atoms with Crippen LogP contribution in [0, 0.1) is 5.92 Å². The molecule has 1 aliphatic rings. The van der Waals surface area contributed by atoms with Gasteiger partial charge in [0.1, 0.15) is 12.2 Å². The SMILES string of the molecule is C=C(C)C(=O)OC1CC(NS(=O)(=O)C(F)(F)C(F)(F)C(F)(F)S(=O)(=O)NS(=O)(=O)C(F)(F)F)CC(OC(=O)C(C)C)C1. The van der Waals surface area contributed by atoms with Crippen molar-refractivity contribution in [2.24, 2.45) is 5.92 Å². The molecule has 0 heterocycles. The zero-order valence-corrected chi connectivity index (χ0v) is 23.8. The van der Waals surface area contributed by atoms with E-state index < -0.39 is 105 Å². The van der Waals surface area contributed by atoms with Crippen LogP contribution in [0.15, 0.2) is 12.2 Å². The van der Waals surface area contributed by atoms with Crippen molar-refractivity contribution in [1.82, 2.24) is 8.85 Å². The third-order valence-electron chi connectivity index (χ3n) is 5.25. The van der Waals surface area contributed by atoms with E-state index in [0.717, 1.165) is 11.6 Å². The Morgan fingerprint density at radius 2 is 1.19 bits per heavy atom. The van der Waals surface area contributed by atoms with Crippen LogP contribution in [0.5, 0.6) is 0 Å². The summed E-state index contributed by atoms with van der Waals surface area (Å²) in [6.45, 7) is 7.09. The molecule has 12 nitrogen and oxygen atoms in total. The highest BCUT2D eigenvalue weighted by Crippen LogP contribution is 2.51. The Balaban J connectivity index is 3.44. The summed E-state index contributed by atoms with van der Waals surface area (Å²) in [5.41, 5.74) is -6.92. The molecule has 3 unspecified atom stereocenters. The molecule has 1 fully saturated rings. The highest BCUT2D eigenvalue weighted by atomic mass is 32.3. The monoisotopic (exact) mass is 694 g/mol. The van der Waals surface area contributed by atoms with Gasteiger partial charge in [-0.25, -0.2) is 34.8 Å². The maximum Gasteiger partial charge on any atom is 0.512 e. The molecule has 1 aliphatic carbocycles. The average molecular weight is 695 g/mol. The summed E-state index contributed by atoms with van der Waals surface area (Å²) < 4.78 is 202. The Hall–Kier alpha value is -2.18. The van der Waals surface area contributed by atoms with Crippen molar-refractivity contribution in [3.05, 3.63) is 12.2 Å². The van der Waals surface area contributed by atoms with Gasteiger partial charge < -0.3 is 9.47 Å². The maximum absolute atomic E-state index is 14.5. The normalized spacial score (nSPS) is 21.6. The first-order valence-electron chi connectivity index (χ1n) is 11.0. The standard InChI is InChI=1S/C18H23F9N2O10S3/c1-8(2)13(30)38-11-5-10(6-12(7-11)39-14(31)9(3)4)28-40(32,33)16(21,22)15(19,20)17(23,24)41(34,35)29-42(36,37)18(25,26)27/h9-12,28-29H,1,5-7H2,2-4H3. The third kappa shape index (κ3) is 7.66. The largest absolute Gasteiger partial charge is 0.512 e. The first-order chi connectivity index (χ1) is 18.4. The van der Waals surface area contributed by atoms with Crippen molar-refractivity contribution >= 4 is 42.0 Å². The van der Waals surface area contributed by atoms with E-state index in [2.05, 4.69) is 6.58 Å². The van der Waals surface area contributed by atoms with Crippen LogP contribution in [0.1, 0.15) is 40.0 Å². The second kappa shape index (κ2) is 12.1. The first-order valence-corrected chi connectivity index (χ1v) is 15.4.